The summed E-state index contributed by atoms with van der Waals surface area (Å²) in [6.45, 7) is 11.7. The lowest BCUT2D eigenvalue weighted by Crippen LogP contribution is -2.41. The van der Waals surface area contributed by atoms with E-state index in [1.54, 1.807) is 18.2 Å². The minimum atomic E-state index is -0.669. The van der Waals surface area contributed by atoms with E-state index in [2.05, 4.69) is 5.32 Å². The van der Waals surface area contributed by atoms with Gasteiger partial charge in [-0.05, 0) is 52.2 Å². The summed E-state index contributed by atoms with van der Waals surface area (Å²) in [6, 6.07) is 4.69. The molecular formula is C19H27BFNO4. The molecule has 1 heterocycles. The van der Waals surface area contributed by atoms with Crippen LogP contribution in [0.3, 0.4) is 0 Å². The lowest BCUT2D eigenvalue weighted by atomic mass is 9.77. The van der Waals surface area contributed by atoms with Gasteiger partial charge in [-0.3, -0.25) is 4.79 Å². The molecule has 7 heteroatoms. The fourth-order valence-electron chi connectivity index (χ4n) is 2.50. The van der Waals surface area contributed by atoms with E-state index >= 15 is 0 Å². The van der Waals surface area contributed by atoms with E-state index in [1.807, 2.05) is 34.6 Å². The highest BCUT2D eigenvalue weighted by Crippen LogP contribution is 2.38. The Kier molecular flexibility index (Phi) is 6.14. The van der Waals surface area contributed by atoms with E-state index in [-0.39, 0.29) is 12.5 Å². The van der Waals surface area contributed by atoms with Crippen molar-refractivity contribution in [1.82, 2.24) is 5.32 Å². The fourth-order valence-corrected chi connectivity index (χ4v) is 2.50. The zero-order valence-corrected chi connectivity index (χ0v) is 16.3. The topological polar surface area (TPSA) is 56.8 Å². The largest absolute Gasteiger partial charge is 0.494 e. The van der Waals surface area contributed by atoms with Crippen molar-refractivity contribution in [1.29, 1.82) is 0 Å². The van der Waals surface area contributed by atoms with Crippen molar-refractivity contribution >= 4 is 19.1 Å². The van der Waals surface area contributed by atoms with Crippen LogP contribution in [0.5, 0.6) is 5.75 Å². The molecule has 0 bridgehead atoms. The first-order chi connectivity index (χ1) is 12.1. The average Bonchev–Trinajstić information content (AvgIpc) is 2.73. The van der Waals surface area contributed by atoms with Crippen molar-refractivity contribution in [2.75, 3.05) is 13.2 Å². The summed E-state index contributed by atoms with van der Waals surface area (Å²) in [6.07, 6.45) is 1.66. The highest BCUT2D eigenvalue weighted by atomic mass is 19.1. The Morgan fingerprint density at radius 3 is 2.38 bits per heavy atom. The Bertz CT molecular complexity index is 687. The van der Waals surface area contributed by atoms with Gasteiger partial charge in [-0.1, -0.05) is 6.08 Å². The maximum Gasteiger partial charge on any atom is 0.492 e. The van der Waals surface area contributed by atoms with Gasteiger partial charge in [-0.15, -0.1) is 0 Å². The molecule has 1 N–H and O–H groups in total. The zero-order chi connectivity index (χ0) is 19.5. The van der Waals surface area contributed by atoms with Gasteiger partial charge >= 0.3 is 7.12 Å². The van der Waals surface area contributed by atoms with Crippen LogP contribution in [-0.4, -0.2) is 37.4 Å². The molecule has 1 aliphatic rings. The van der Waals surface area contributed by atoms with Crippen LogP contribution < -0.4 is 10.1 Å². The maximum atomic E-state index is 14.4. The molecule has 2 rings (SSSR count). The van der Waals surface area contributed by atoms with Crippen LogP contribution >= 0.6 is 0 Å². The molecule has 1 aromatic carbocycles. The molecule has 1 amide bonds. The second kappa shape index (κ2) is 7.80. The van der Waals surface area contributed by atoms with E-state index in [1.165, 1.54) is 13.0 Å². The molecule has 0 unspecified atom stereocenters. The Morgan fingerprint density at radius 2 is 1.88 bits per heavy atom. The Morgan fingerprint density at radius 1 is 1.27 bits per heavy atom. The Labute approximate surface area is 155 Å². The number of amides is 1. The van der Waals surface area contributed by atoms with Crippen molar-refractivity contribution in [3.8, 4) is 5.75 Å². The molecule has 1 aromatic rings. The molecule has 26 heavy (non-hydrogen) atoms. The van der Waals surface area contributed by atoms with E-state index in [4.69, 9.17) is 14.0 Å². The summed E-state index contributed by atoms with van der Waals surface area (Å²) in [7, 11) is -0.669. The van der Waals surface area contributed by atoms with Crippen LogP contribution in [0, 0.1) is 5.82 Å². The number of hydrogen-bond donors (Lipinski definition) is 1. The number of halogens is 1. The summed E-state index contributed by atoms with van der Waals surface area (Å²) < 4.78 is 31.8. The predicted octanol–water partition coefficient (Wildman–Crippen LogP) is 3.38. The van der Waals surface area contributed by atoms with Gasteiger partial charge in [0.25, 0.3) is 0 Å². The summed E-state index contributed by atoms with van der Waals surface area (Å²) in [5.41, 5.74) is -0.0280. The van der Waals surface area contributed by atoms with Gasteiger partial charge in [-0.25, -0.2) is 4.39 Å². The maximum absolute atomic E-state index is 14.4. The van der Waals surface area contributed by atoms with Crippen molar-refractivity contribution in [2.24, 2.45) is 0 Å². The highest BCUT2D eigenvalue weighted by Gasteiger charge is 2.52. The summed E-state index contributed by atoms with van der Waals surface area (Å²) in [5, 5.41) is 2.73. The highest BCUT2D eigenvalue weighted by molar-refractivity contribution is 6.56. The van der Waals surface area contributed by atoms with Crippen molar-refractivity contribution in [2.45, 2.75) is 52.7 Å². The molecule has 0 atom stereocenters. The first-order valence-electron chi connectivity index (χ1n) is 8.78. The van der Waals surface area contributed by atoms with Crippen LogP contribution in [0.1, 0.15) is 47.1 Å². The average molecular weight is 363 g/mol. The van der Waals surface area contributed by atoms with Crippen LogP contribution in [0.4, 0.5) is 4.39 Å². The molecular weight excluding hydrogens is 336 g/mol. The van der Waals surface area contributed by atoms with E-state index in [0.29, 0.717) is 23.4 Å². The number of hydrogen-bond acceptors (Lipinski definition) is 4. The molecule has 1 aliphatic heterocycles. The molecule has 0 aromatic heterocycles. The number of nitrogens with one attached hydrogen (secondary N) is 1. The fraction of sp³-hybridized carbons (Fsp3) is 0.526. The van der Waals surface area contributed by atoms with Gasteiger partial charge in [0.2, 0.25) is 5.91 Å². The Hall–Kier alpha value is -1.86. The number of carbonyl (C=O) groups is 1. The van der Waals surface area contributed by atoms with E-state index in [0.717, 1.165) is 0 Å². The molecule has 142 valence electrons. The third-order valence-corrected chi connectivity index (χ3v) is 4.72. The molecule has 0 radical (unpaired) electrons. The van der Waals surface area contributed by atoms with Gasteiger partial charge in [0, 0.05) is 25.1 Å². The predicted molar refractivity (Wildman–Crippen MR) is 100 cm³/mol. The van der Waals surface area contributed by atoms with Gasteiger partial charge in [0.15, 0.2) is 0 Å². The SMILES string of the molecule is CCOc1ccc(C=C(CNC(C)=O)B2OC(C)(C)C(C)(C)O2)c(F)c1. The zero-order valence-electron chi connectivity index (χ0n) is 16.3. The monoisotopic (exact) mass is 363 g/mol. The van der Waals surface area contributed by atoms with Crippen molar-refractivity contribution < 1.29 is 23.2 Å². The van der Waals surface area contributed by atoms with Gasteiger partial charge in [-0.2, -0.15) is 0 Å². The molecule has 5 nitrogen and oxygen atoms in total. The number of rotatable bonds is 6. The normalized spacial score (nSPS) is 18.7. The first-order valence-corrected chi connectivity index (χ1v) is 8.78. The molecule has 0 saturated carbocycles. The Balaban J connectivity index is 2.33. The third kappa shape index (κ3) is 4.65. The third-order valence-electron chi connectivity index (χ3n) is 4.72. The summed E-state index contributed by atoms with van der Waals surface area (Å²) >= 11 is 0. The van der Waals surface area contributed by atoms with Crippen molar-refractivity contribution in [3.05, 3.63) is 35.1 Å². The van der Waals surface area contributed by atoms with E-state index in [9.17, 15) is 9.18 Å². The molecule has 1 fully saturated rings. The molecule has 0 spiro atoms. The second-order valence-corrected chi connectivity index (χ2v) is 7.33. The quantitative estimate of drug-likeness (QED) is 0.788. The minimum absolute atomic E-state index is 0.181. The number of benzene rings is 1. The molecule has 1 saturated heterocycles. The van der Waals surface area contributed by atoms with Crippen molar-refractivity contribution in [3.63, 3.8) is 0 Å². The van der Waals surface area contributed by atoms with Gasteiger partial charge in [0.05, 0.1) is 17.8 Å². The van der Waals surface area contributed by atoms with Gasteiger partial charge < -0.3 is 19.4 Å². The van der Waals surface area contributed by atoms with Crippen LogP contribution in [0.2, 0.25) is 0 Å². The van der Waals surface area contributed by atoms with E-state index < -0.39 is 24.1 Å². The smallest absolute Gasteiger partial charge is 0.492 e. The lowest BCUT2D eigenvalue weighted by molar-refractivity contribution is -0.118. The number of ether oxygens (including phenoxy) is 1. The minimum Gasteiger partial charge on any atom is -0.494 e. The van der Waals surface area contributed by atoms with Crippen LogP contribution in [-0.2, 0) is 14.1 Å². The standard InChI is InChI=1S/C19H27BFNO4/c1-7-24-16-9-8-14(17(21)11-16)10-15(12-22-13(2)23)20-25-18(3,4)19(5,6)26-20/h8-11H,7,12H2,1-6H3,(H,22,23). The molecule has 0 aliphatic carbocycles. The van der Waals surface area contributed by atoms with Gasteiger partial charge in [0.1, 0.15) is 11.6 Å². The summed E-state index contributed by atoms with van der Waals surface area (Å²) in [5.74, 6) is -0.117. The summed E-state index contributed by atoms with van der Waals surface area (Å²) in [4.78, 5) is 11.3. The number of carbonyl (C=O) groups excluding carboxylic acids is 1. The lowest BCUT2D eigenvalue weighted by Gasteiger charge is -2.32. The first kappa shape index (κ1) is 20.5. The second-order valence-electron chi connectivity index (χ2n) is 7.33. The van der Waals surface area contributed by atoms with Crippen LogP contribution in [0.25, 0.3) is 6.08 Å². The van der Waals surface area contributed by atoms with Crippen LogP contribution in [0.15, 0.2) is 23.7 Å².